The maximum atomic E-state index is 12.9. The third-order valence-corrected chi connectivity index (χ3v) is 5.07. The molecule has 0 fully saturated rings. The summed E-state index contributed by atoms with van der Waals surface area (Å²) in [5.41, 5.74) is 0.659. The van der Waals surface area contributed by atoms with Crippen molar-refractivity contribution in [3.05, 3.63) is 44.7 Å². The molecule has 2 heterocycles. The molecule has 0 amide bonds. The van der Waals surface area contributed by atoms with E-state index in [0.29, 0.717) is 34.3 Å². The van der Waals surface area contributed by atoms with E-state index in [1.165, 1.54) is 11.8 Å². The topological polar surface area (TPSA) is 73.8 Å². The second-order valence-electron chi connectivity index (χ2n) is 5.45. The maximum Gasteiger partial charge on any atom is 0.262 e. The highest BCUT2D eigenvalue weighted by molar-refractivity contribution is 9.10. The van der Waals surface area contributed by atoms with Gasteiger partial charge in [-0.3, -0.25) is 9.36 Å². The molecule has 0 saturated carbocycles. The van der Waals surface area contributed by atoms with Crippen molar-refractivity contribution in [2.75, 3.05) is 0 Å². The van der Waals surface area contributed by atoms with Crippen molar-refractivity contribution in [1.82, 2.24) is 19.7 Å². The molecule has 6 nitrogen and oxygen atoms in total. The molecule has 2 aromatic heterocycles. The normalized spacial score (nSPS) is 12.7. The van der Waals surface area contributed by atoms with Crippen LogP contribution in [-0.2, 0) is 6.54 Å². The molecular formula is C16H17BrN4O2S. The van der Waals surface area contributed by atoms with E-state index in [1.54, 1.807) is 11.5 Å². The van der Waals surface area contributed by atoms with Crippen LogP contribution < -0.4 is 5.56 Å². The minimum Gasteiger partial charge on any atom is -0.338 e. The number of hydrogen-bond acceptors (Lipinski definition) is 6. The van der Waals surface area contributed by atoms with Gasteiger partial charge >= 0.3 is 0 Å². The summed E-state index contributed by atoms with van der Waals surface area (Å²) in [4.78, 5) is 21.8. The fraction of sp³-hybridized carbons (Fsp3) is 0.375. The van der Waals surface area contributed by atoms with E-state index in [-0.39, 0.29) is 10.8 Å². The van der Waals surface area contributed by atoms with E-state index in [2.05, 4.69) is 31.1 Å². The Morgan fingerprint density at radius 1 is 1.38 bits per heavy atom. The quantitative estimate of drug-likeness (QED) is 0.466. The predicted octanol–water partition coefficient (Wildman–Crippen LogP) is 4.11. The van der Waals surface area contributed by atoms with Crippen molar-refractivity contribution in [2.45, 2.75) is 44.1 Å². The standard InChI is InChI=1S/C16H17BrN4O2S/c1-4-7-21-15(22)12-8-11(17)5-6-13(12)19-16(21)24-9(2)14-18-10(3)20-23-14/h5-6,8-9H,4,7H2,1-3H3. The first kappa shape index (κ1) is 17.2. The molecule has 0 bridgehead atoms. The van der Waals surface area contributed by atoms with Gasteiger partial charge in [-0.2, -0.15) is 4.98 Å². The average Bonchev–Trinajstić information content (AvgIpc) is 2.98. The van der Waals surface area contributed by atoms with Gasteiger partial charge in [0, 0.05) is 11.0 Å². The number of hydrogen-bond donors (Lipinski definition) is 0. The SMILES string of the molecule is CCCn1c(SC(C)c2nc(C)no2)nc2ccc(Br)cc2c1=O. The van der Waals surface area contributed by atoms with Crippen LogP contribution in [0.15, 0.2) is 37.1 Å². The van der Waals surface area contributed by atoms with E-state index in [9.17, 15) is 4.79 Å². The van der Waals surface area contributed by atoms with Crippen molar-refractivity contribution in [3.8, 4) is 0 Å². The molecule has 0 aliphatic carbocycles. The summed E-state index contributed by atoms with van der Waals surface area (Å²) in [5, 5.41) is 5.01. The first-order chi connectivity index (χ1) is 11.5. The Morgan fingerprint density at radius 3 is 2.83 bits per heavy atom. The van der Waals surface area contributed by atoms with Crippen molar-refractivity contribution < 1.29 is 4.52 Å². The van der Waals surface area contributed by atoms with E-state index in [1.807, 2.05) is 32.0 Å². The summed E-state index contributed by atoms with van der Waals surface area (Å²) in [6.45, 7) is 6.40. The summed E-state index contributed by atoms with van der Waals surface area (Å²) >= 11 is 4.87. The van der Waals surface area contributed by atoms with Crippen molar-refractivity contribution in [3.63, 3.8) is 0 Å². The fourth-order valence-corrected chi connectivity index (χ4v) is 3.70. The van der Waals surface area contributed by atoms with Crippen LogP contribution in [0.4, 0.5) is 0 Å². The second kappa shape index (κ2) is 7.06. The van der Waals surface area contributed by atoms with Crippen molar-refractivity contribution in [1.29, 1.82) is 0 Å². The highest BCUT2D eigenvalue weighted by Crippen LogP contribution is 2.33. The summed E-state index contributed by atoms with van der Waals surface area (Å²) in [6.07, 6.45) is 0.850. The van der Waals surface area contributed by atoms with Gasteiger partial charge in [-0.1, -0.05) is 39.8 Å². The lowest BCUT2D eigenvalue weighted by Gasteiger charge is -2.14. The lowest BCUT2D eigenvalue weighted by Crippen LogP contribution is -2.23. The summed E-state index contributed by atoms with van der Waals surface area (Å²) in [5.74, 6) is 1.13. The number of aromatic nitrogens is 4. The van der Waals surface area contributed by atoms with Crippen LogP contribution in [0.1, 0.15) is 37.2 Å². The van der Waals surface area contributed by atoms with E-state index >= 15 is 0 Å². The Hall–Kier alpha value is -1.67. The Labute approximate surface area is 151 Å². The maximum absolute atomic E-state index is 12.9. The van der Waals surface area contributed by atoms with Gasteiger partial charge < -0.3 is 4.52 Å². The first-order valence-corrected chi connectivity index (χ1v) is 9.33. The molecular weight excluding hydrogens is 392 g/mol. The molecule has 0 saturated heterocycles. The summed E-state index contributed by atoms with van der Waals surface area (Å²) in [7, 11) is 0. The van der Waals surface area contributed by atoms with Crippen LogP contribution in [0.2, 0.25) is 0 Å². The van der Waals surface area contributed by atoms with Crippen LogP contribution in [0.25, 0.3) is 10.9 Å². The van der Waals surface area contributed by atoms with Gasteiger partial charge in [0.2, 0.25) is 5.89 Å². The Kier molecular flexibility index (Phi) is 5.05. The smallest absolute Gasteiger partial charge is 0.262 e. The largest absolute Gasteiger partial charge is 0.338 e. The molecule has 1 atom stereocenters. The molecule has 1 unspecified atom stereocenters. The van der Waals surface area contributed by atoms with Crippen LogP contribution in [0.3, 0.4) is 0 Å². The molecule has 0 aliphatic heterocycles. The molecule has 126 valence electrons. The molecule has 8 heteroatoms. The highest BCUT2D eigenvalue weighted by atomic mass is 79.9. The first-order valence-electron chi connectivity index (χ1n) is 7.66. The molecule has 3 aromatic rings. The molecule has 0 N–H and O–H groups in total. The molecule has 0 spiro atoms. The van der Waals surface area contributed by atoms with Crippen LogP contribution in [-0.4, -0.2) is 19.7 Å². The number of fused-ring (bicyclic) bond motifs is 1. The van der Waals surface area contributed by atoms with Gasteiger partial charge in [-0.15, -0.1) is 0 Å². The van der Waals surface area contributed by atoms with Gasteiger partial charge in [0.25, 0.3) is 5.56 Å². The number of rotatable bonds is 5. The monoisotopic (exact) mass is 408 g/mol. The summed E-state index contributed by atoms with van der Waals surface area (Å²) < 4.78 is 7.82. The van der Waals surface area contributed by atoms with Crippen LogP contribution >= 0.6 is 27.7 Å². The van der Waals surface area contributed by atoms with Gasteiger partial charge in [0.15, 0.2) is 11.0 Å². The third-order valence-electron chi connectivity index (χ3n) is 3.50. The van der Waals surface area contributed by atoms with Crippen LogP contribution in [0.5, 0.6) is 0 Å². The second-order valence-corrected chi connectivity index (χ2v) is 7.68. The number of aryl methyl sites for hydroxylation is 1. The molecule has 24 heavy (non-hydrogen) atoms. The Morgan fingerprint density at radius 2 is 2.17 bits per heavy atom. The Balaban J connectivity index is 2.07. The fourth-order valence-electron chi connectivity index (χ4n) is 2.37. The zero-order chi connectivity index (χ0) is 17.3. The van der Waals surface area contributed by atoms with E-state index in [4.69, 9.17) is 4.52 Å². The average molecular weight is 409 g/mol. The highest BCUT2D eigenvalue weighted by Gasteiger charge is 2.19. The lowest BCUT2D eigenvalue weighted by molar-refractivity contribution is 0.376. The molecule has 0 radical (unpaired) electrons. The third kappa shape index (κ3) is 3.39. The lowest BCUT2D eigenvalue weighted by atomic mass is 10.2. The van der Waals surface area contributed by atoms with Gasteiger partial charge in [0.05, 0.1) is 16.2 Å². The number of nitrogens with zero attached hydrogens (tertiary/aromatic N) is 4. The minimum atomic E-state index is -0.0888. The van der Waals surface area contributed by atoms with Crippen LogP contribution in [0, 0.1) is 6.92 Å². The van der Waals surface area contributed by atoms with E-state index < -0.39 is 0 Å². The number of thioether (sulfide) groups is 1. The zero-order valence-corrected chi connectivity index (χ0v) is 16.0. The number of benzene rings is 1. The van der Waals surface area contributed by atoms with E-state index in [0.717, 1.165) is 10.9 Å². The van der Waals surface area contributed by atoms with Gasteiger partial charge in [-0.05, 0) is 38.5 Å². The van der Waals surface area contributed by atoms with Crippen molar-refractivity contribution in [2.24, 2.45) is 0 Å². The summed E-state index contributed by atoms with van der Waals surface area (Å²) in [6, 6.07) is 5.55. The molecule has 3 rings (SSSR count). The number of halogens is 1. The molecule has 1 aromatic carbocycles. The predicted molar refractivity (Wildman–Crippen MR) is 97.3 cm³/mol. The van der Waals surface area contributed by atoms with Gasteiger partial charge in [-0.25, -0.2) is 4.98 Å². The minimum absolute atomic E-state index is 0.0282. The van der Waals surface area contributed by atoms with Gasteiger partial charge in [0.1, 0.15) is 0 Å². The zero-order valence-electron chi connectivity index (χ0n) is 13.6. The molecule has 0 aliphatic rings. The van der Waals surface area contributed by atoms with Crippen molar-refractivity contribution >= 4 is 38.6 Å². The Bertz CT molecular complexity index is 937.